The predicted molar refractivity (Wildman–Crippen MR) is 253 cm³/mol. The standard InChI is InChI=1S/C32H54N8O6S2.2C6H15NO3.Cu/c41-47(42,43)15-12-13-20-22(14-15)31-37-27-18-8-3-4-9-19(18)28(34-27)39-32-24-21(10-5-11-23(24)48(44,45)46)30(40-32)36-26-17-7-2-1-6-16(17)25(33-26)35-29(20)38-31;2*8-4-1-7(2-5-9)3-6-10;/h15-33,36-40H,1-14H2,(H,41,42,43)(H,44,45,46);2*8-10H,1-6H2;/q-2;;;+2. The van der Waals surface area contributed by atoms with Gasteiger partial charge < -0.3 is 71.6 Å². The maximum atomic E-state index is 12.7. The van der Waals surface area contributed by atoms with Gasteiger partial charge in [0.05, 0.1) is 89.8 Å². The molecule has 25 heteroatoms. The quantitative estimate of drug-likeness (QED) is 0.0660. The third-order valence-electron chi connectivity index (χ3n) is 16.9. The van der Waals surface area contributed by atoms with Crippen LogP contribution in [0.5, 0.6) is 0 Å². The van der Waals surface area contributed by atoms with Crippen molar-refractivity contribution in [2.45, 2.75) is 150 Å². The van der Waals surface area contributed by atoms with Crippen LogP contribution in [-0.4, -0.2) is 205 Å². The minimum atomic E-state index is -4.50. The number of nitrogens with zero attached hydrogens (tertiary/aromatic N) is 4. The summed E-state index contributed by atoms with van der Waals surface area (Å²) >= 11 is 0. The Morgan fingerprint density at radius 1 is 0.435 bits per heavy atom. The van der Waals surface area contributed by atoms with Crippen LogP contribution in [0.2, 0.25) is 0 Å². The summed E-state index contributed by atoms with van der Waals surface area (Å²) in [6.45, 7) is 3.51. The van der Waals surface area contributed by atoms with Crippen molar-refractivity contribution >= 4 is 20.2 Å². The first-order valence-electron chi connectivity index (χ1n) is 25.7. The second-order valence-electron chi connectivity index (χ2n) is 20.7. The van der Waals surface area contributed by atoms with Gasteiger partial charge >= 0.3 is 19.9 Å². The molecular weight excluding hydrogens is 988 g/mol. The van der Waals surface area contributed by atoms with E-state index in [-0.39, 0.29) is 144 Å². The van der Waals surface area contributed by atoms with Gasteiger partial charge in [-0.2, -0.15) is 0 Å². The van der Waals surface area contributed by atoms with Gasteiger partial charge in [0.25, 0.3) is 0 Å². The van der Waals surface area contributed by atoms with E-state index in [0.29, 0.717) is 76.8 Å². The van der Waals surface area contributed by atoms with E-state index in [9.17, 15) is 25.9 Å². The van der Waals surface area contributed by atoms with Gasteiger partial charge in [-0.25, -0.2) is 16.8 Å². The minimum absolute atomic E-state index is 0. The molecule has 9 aliphatic rings. The minimum Gasteiger partial charge on any atom is -0.748 e. The van der Waals surface area contributed by atoms with Gasteiger partial charge in [0.1, 0.15) is 0 Å². The third kappa shape index (κ3) is 14.4. The van der Waals surface area contributed by atoms with Gasteiger partial charge in [0, 0.05) is 50.4 Å². The van der Waals surface area contributed by atoms with Crippen LogP contribution in [0.4, 0.5) is 0 Å². The smallest absolute Gasteiger partial charge is 0.748 e. The maximum Gasteiger partial charge on any atom is 2.00 e. The fourth-order valence-corrected chi connectivity index (χ4v) is 15.9. The average molecular weight is 1070 g/mol. The van der Waals surface area contributed by atoms with Crippen molar-refractivity contribution in [1.82, 2.24) is 41.7 Å². The van der Waals surface area contributed by atoms with Crippen LogP contribution in [-0.2, 0) is 37.3 Å². The largest absolute Gasteiger partial charge is 2.00 e. The molecule has 1 radical (unpaired) electrons. The first-order valence-corrected chi connectivity index (χ1v) is 28.6. The van der Waals surface area contributed by atoms with Gasteiger partial charge in [-0.15, -0.1) is 0 Å². The third-order valence-corrected chi connectivity index (χ3v) is 19.5. The number of rotatable bonds is 14. The Balaban J connectivity index is 0.000000404. The van der Waals surface area contributed by atoms with E-state index < -0.39 is 30.7 Å². The van der Waals surface area contributed by atoms with Crippen molar-refractivity contribution in [3.05, 3.63) is 10.6 Å². The summed E-state index contributed by atoms with van der Waals surface area (Å²) in [5.41, 5.74) is 0. The zero-order chi connectivity index (χ0) is 48.6. The molecule has 4 aliphatic carbocycles. The molecule has 4 saturated carbocycles. The molecule has 0 aromatic carbocycles. The van der Waals surface area contributed by atoms with E-state index in [4.69, 9.17) is 41.3 Å². The molecule has 5 heterocycles. The molecule has 9 rings (SSSR count). The molecule has 5 saturated heterocycles. The summed E-state index contributed by atoms with van der Waals surface area (Å²) in [4.78, 5) is 3.58. The monoisotopic (exact) mass is 1070 g/mol. The zero-order valence-electron chi connectivity index (χ0n) is 41.8. The number of hydrogen-bond donors (Lipinski definition) is 12. The molecule has 0 aromatic rings. The van der Waals surface area contributed by atoms with Crippen LogP contribution < -0.4 is 31.9 Å². The van der Waals surface area contributed by atoms with Gasteiger partial charge in [-0.05, 0) is 80.0 Å². The van der Waals surface area contributed by atoms with Gasteiger partial charge in [-0.3, -0.25) is 20.4 Å². The van der Waals surface area contributed by atoms with Crippen LogP contribution in [0.3, 0.4) is 0 Å². The van der Waals surface area contributed by atoms with Gasteiger partial charge in [0.15, 0.2) is 0 Å². The van der Waals surface area contributed by atoms with Crippen molar-refractivity contribution < 1.29 is 76.5 Å². The second kappa shape index (κ2) is 27.0. The molecule has 0 amide bonds. The Labute approximate surface area is 423 Å². The Hall–Kier alpha value is -0.301. The molecule has 0 aromatic heterocycles. The Morgan fingerprint density at radius 2 is 0.797 bits per heavy atom. The first kappa shape index (κ1) is 58.0. The van der Waals surface area contributed by atoms with Crippen LogP contribution in [0.1, 0.15) is 92.7 Å². The SMILES string of the molecule is O=S(=O)([O-])C1CCC2C3[N-]C4NC(NC5NC(NC6[N-]C(NC(N3)C2C1)C1CCCCC61)C1C5CCCC1S(=O)(=O)[O-])C1CCCCC41.OCCN(CCO)CCO.OCCN(CCO)CCO.[Cu+2].[H+].[H+]. The van der Waals surface area contributed by atoms with E-state index >= 15 is 0 Å². The van der Waals surface area contributed by atoms with Crippen LogP contribution in [0, 0.1) is 47.3 Å². The van der Waals surface area contributed by atoms with E-state index in [1.807, 2.05) is 0 Å². The van der Waals surface area contributed by atoms with E-state index in [1.54, 1.807) is 9.80 Å². The Bertz CT molecular complexity index is 1740. The summed E-state index contributed by atoms with van der Waals surface area (Å²) in [5.74, 6) is 1.02. The van der Waals surface area contributed by atoms with E-state index in [2.05, 4.69) is 31.9 Å². The molecule has 405 valence electrons. The summed E-state index contributed by atoms with van der Waals surface area (Å²) in [7, 11) is -8.90. The zero-order valence-corrected chi connectivity index (χ0v) is 42.4. The van der Waals surface area contributed by atoms with Gasteiger partial charge in [-0.1, -0.05) is 76.0 Å². The molecule has 18 unspecified atom stereocenters. The summed E-state index contributed by atoms with van der Waals surface area (Å²) in [6, 6.07) is 0. The molecule has 12 N–H and O–H groups in total. The molecule has 0 spiro atoms. The molecule has 18 atom stereocenters. The van der Waals surface area contributed by atoms with Crippen molar-refractivity contribution in [2.24, 2.45) is 47.3 Å². The molecular formula is C44H84CuN10O12S2. The molecule has 8 bridgehead atoms. The summed E-state index contributed by atoms with van der Waals surface area (Å²) < 4.78 is 74.9. The number of aliphatic hydroxyl groups excluding tert-OH is 6. The van der Waals surface area contributed by atoms with Crippen LogP contribution in [0.25, 0.3) is 10.6 Å². The number of hydrogen-bond acceptors (Lipinski definition) is 20. The van der Waals surface area contributed by atoms with E-state index in [0.717, 1.165) is 64.2 Å². The van der Waals surface area contributed by atoms with Crippen molar-refractivity contribution in [1.29, 1.82) is 0 Å². The summed E-state index contributed by atoms with van der Waals surface area (Å²) in [6.07, 6.45) is 10.7. The Kier molecular flexibility index (Phi) is 22.6. The van der Waals surface area contributed by atoms with Crippen LogP contribution in [0.15, 0.2) is 0 Å². The fourth-order valence-electron chi connectivity index (χ4n) is 13.8. The number of aliphatic hydroxyl groups is 6. The number of fused-ring (bicyclic) bond motifs is 20. The topological polar surface area (TPSA) is 343 Å². The number of nitrogens with one attached hydrogen (secondary N) is 6. The average Bonchev–Trinajstić information content (AvgIpc) is 4.05. The molecule has 5 aliphatic heterocycles. The normalized spacial score (nSPS) is 40.6. The second-order valence-corrected chi connectivity index (χ2v) is 23.9. The summed E-state index contributed by atoms with van der Waals surface area (Å²) in [5, 5.41) is 83.0. The van der Waals surface area contributed by atoms with Crippen molar-refractivity contribution in [3.8, 4) is 0 Å². The van der Waals surface area contributed by atoms with E-state index in [1.165, 1.54) is 0 Å². The molecule has 9 fully saturated rings. The first-order chi connectivity index (χ1) is 32.7. The fraction of sp³-hybridized carbons (Fsp3) is 1.00. The molecule has 22 nitrogen and oxygen atoms in total. The van der Waals surface area contributed by atoms with Crippen LogP contribution >= 0.6 is 0 Å². The molecule has 69 heavy (non-hydrogen) atoms. The van der Waals surface area contributed by atoms with Crippen molar-refractivity contribution in [3.63, 3.8) is 0 Å². The van der Waals surface area contributed by atoms with Gasteiger partial charge in [0.2, 0.25) is 0 Å². The predicted octanol–water partition coefficient (Wildman–Crippen LogP) is -2.03. The van der Waals surface area contributed by atoms with Crippen molar-refractivity contribution in [2.75, 3.05) is 78.9 Å². The Morgan fingerprint density at radius 3 is 1.23 bits per heavy atom. The maximum absolute atomic E-state index is 12.7.